The van der Waals surface area contributed by atoms with E-state index in [4.69, 9.17) is 18.5 Å². The van der Waals surface area contributed by atoms with Crippen LogP contribution in [-0.4, -0.2) is 38.1 Å². The molecule has 1 saturated heterocycles. The molecular weight excluding hydrogens is 409 g/mol. The van der Waals surface area contributed by atoms with Crippen LogP contribution in [-0.2, 0) is 9.05 Å². The molecule has 5 nitrogen and oxygen atoms in total. The van der Waals surface area contributed by atoms with Crippen LogP contribution in [0.25, 0.3) is 0 Å². The van der Waals surface area contributed by atoms with Crippen molar-refractivity contribution < 1.29 is 18.5 Å². The molecule has 170 valence electrons. The van der Waals surface area contributed by atoms with Crippen molar-refractivity contribution in [1.29, 1.82) is 0 Å². The summed E-state index contributed by atoms with van der Waals surface area (Å²) in [6.45, 7) is 5.92. The fourth-order valence-corrected chi connectivity index (χ4v) is 5.59. The van der Waals surface area contributed by atoms with E-state index >= 15 is 0 Å². The second kappa shape index (κ2) is 12.4. The smallest absolute Gasteiger partial charge is 0.259 e. The molecule has 2 aromatic rings. The number of hydrogen-bond donors (Lipinski definition) is 0. The highest BCUT2D eigenvalue weighted by Gasteiger charge is 2.34. The molecule has 0 amide bonds. The Morgan fingerprint density at radius 3 is 1.52 bits per heavy atom. The van der Waals surface area contributed by atoms with E-state index in [0.29, 0.717) is 0 Å². The van der Waals surface area contributed by atoms with Crippen molar-refractivity contribution >= 4 is 8.53 Å². The fraction of sp³-hybridized carbons (Fsp3) is 0.520. The number of rotatable bonds is 7. The largest absolute Gasteiger partial charge is 0.497 e. The predicted octanol–water partition coefficient (Wildman–Crippen LogP) is 6.73. The third-order valence-electron chi connectivity index (χ3n) is 5.54. The lowest BCUT2D eigenvalue weighted by atomic mass is 9.97. The van der Waals surface area contributed by atoms with Crippen molar-refractivity contribution in [3.63, 3.8) is 0 Å². The van der Waals surface area contributed by atoms with Gasteiger partial charge in [-0.15, -0.1) is 0 Å². The number of methoxy groups -OCH3 is 2. The summed E-state index contributed by atoms with van der Waals surface area (Å²) in [7, 11) is 2.21. The molecule has 1 fully saturated rings. The summed E-state index contributed by atoms with van der Waals surface area (Å²) < 4.78 is 25.9. The first-order valence-corrected chi connectivity index (χ1v) is 12.4. The van der Waals surface area contributed by atoms with Crippen LogP contribution in [0.5, 0.6) is 11.5 Å². The second-order valence-electron chi connectivity index (χ2n) is 8.09. The zero-order valence-corrected chi connectivity index (χ0v) is 20.1. The molecule has 0 unspecified atom stereocenters. The molecule has 31 heavy (non-hydrogen) atoms. The van der Waals surface area contributed by atoms with Crippen LogP contribution in [0.15, 0.2) is 48.5 Å². The van der Waals surface area contributed by atoms with Gasteiger partial charge in [0.2, 0.25) is 0 Å². The maximum Gasteiger partial charge on any atom is 0.259 e. The van der Waals surface area contributed by atoms with Crippen LogP contribution in [0.2, 0.25) is 0 Å². The molecule has 0 N–H and O–H groups in total. The molecule has 0 bridgehead atoms. The Bertz CT molecular complexity index is 709. The molecular formula is C25H36NO4P. The highest BCUT2D eigenvalue weighted by molar-refractivity contribution is 7.44. The standard InChI is InChI=1S/C25H36NO4P/c1-20(2)26(31-29-18-8-6-5-7-9-19-30-31)25(21-10-14-23(27-3)15-11-21)22-12-16-24(28-4)17-13-22/h10-17,20,25H,5-9,18-19H2,1-4H3. The average Bonchev–Trinajstić information content (AvgIpc) is 2.81. The molecule has 0 spiro atoms. The SMILES string of the molecule is COc1ccc(C(c2ccc(OC)cc2)N(C(C)C)P2OCCCCCCCO2)cc1. The summed E-state index contributed by atoms with van der Waals surface area (Å²) in [5, 5.41) is 0. The van der Waals surface area contributed by atoms with Gasteiger partial charge in [-0.3, -0.25) is 0 Å². The highest BCUT2D eigenvalue weighted by Crippen LogP contribution is 2.52. The molecule has 0 radical (unpaired) electrons. The van der Waals surface area contributed by atoms with Crippen LogP contribution >= 0.6 is 8.53 Å². The lowest BCUT2D eigenvalue weighted by Gasteiger charge is -2.39. The topological polar surface area (TPSA) is 40.2 Å². The Labute approximate surface area is 188 Å². The lowest BCUT2D eigenvalue weighted by Crippen LogP contribution is -2.33. The molecule has 6 heteroatoms. The average molecular weight is 446 g/mol. The minimum absolute atomic E-state index is 0.00543. The van der Waals surface area contributed by atoms with E-state index in [0.717, 1.165) is 37.6 Å². The zero-order chi connectivity index (χ0) is 22.1. The van der Waals surface area contributed by atoms with Crippen molar-refractivity contribution in [1.82, 2.24) is 4.67 Å². The van der Waals surface area contributed by atoms with Crippen LogP contribution < -0.4 is 9.47 Å². The third kappa shape index (κ3) is 6.66. The van der Waals surface area contributed by atoms with Gasteiger partial charge in [-0.05, 0) is 62.1 Å². The summed E-state index contributed by atoms with van der Waals surface area (Å²) in [6, 6.07) is 16.9. The fourth-order valence-electron chi connectivity index (χ4n) is 3.84. The molecule has 1 aliphatic heterocycles. The Kier molecular flexibility index (Phi) is 9.60. The normalized spacial score (nSPS) is 16.6. The summed E-state index contributed by atoms with van der Waals surface area (Å²) in [4.78, 5) is 0. The Morgan fingerprint density at radius 1 is 0.710 bits per heavy atom. The first-order valence-electron chi connectivity index (χ1n) is 11.3. The third-order valence-corrected chi connectivity index (χ3v) is 7.41. The number of nitrogens with zero attached hydrogens (tertiary/aromatic N) is 1. The minimum atomic E-state index is -1.19. The van der Waals surface area contributed by atoms with Crippen molar-refractivity contribution in [3.05, 3.63) is 59.7 Å². The molecule has 0 atom stereocenters. The number of benzene rings is 2. The van der Waals surface area contributed by atoms with Crippen molar-refractivity contribution in [2.75, 3.05) is 27.4 Å². The van der Waals surface area contributed by atoms with Gasteiger partial charge < -0.3 is 18.5 Å². The monoisotopic (exact) mass is 445 g/mol. The van der Waals surface area contributed by atoms with Crippen molar-refractivity contribution in [3.8, 4) is 11.5 Å². The van der Waals surface area contributed by atoms with Gasteiger partial charge in [0.05, 0.1) is 33.5 Å². The molecule has 0 saturated carbocycles. The zero-order valence-electron chi connectivity index (χ0n) is 19.3. The summed E-state index contributed by atoms with van der Waals surface area (Å²) >= 11 is 0. The van der Waals surface area contributed by atoms with Crippen molar-refractivity contribution in [2.45, 2.75) is 58.0 Å². The number of ether oxygens (including phenoxy) is 2. The van der Waals surface area contributed by atoms with E-state index in [9.17, 15) is 0 Å². The Balaban J connectivity index is 1.99. The predicted molar refractivity (Wildman–Crippen MR) is 127 cm³/mol. The molecule has 1 heterocycles. The van der Waals surface area contributed by atoms with Gasteiger partial charge in [0.15, 0.2) is 0 Å². The van der Waals surface area contributed by atoms with Gasteiger partial charge in [0.1, 0.15) is 11.5 Å². The van der Waals surface area contributed by atoms with E-state index in [1.807, 2.05) is 24.3 Å². The van der Waals surface area contributed by atoms with Crippen molar-refractivity contribution in [2.24, 2.45) is 0 Å². The van der Waals surface area contributed by atoms with Crippen LogP contribution in [0.3, 0.4) is 0 Å². The summed E-state index contributed by atoms with van der Waals surface area (Å²) in [6.07, 6.45) is 5.89. The van der Waals surface area contributed by atoms with E-state index in [1.165, 1.54) is 30.4 Å². The van der Waals surface area contributed by atoms with E-state index < -0.39 is 8.53 Å². The van der Waals surface area contributed by atoms with Crippen LogP contribution in [0.1, 0.15) is 63.1 Å². The van der Waals surface area contributed by atoms with Gasteiger partial charge >= 0.3 is 0 Å². The number of hydrogen-bond acceptors (Lipinski definition) is 5. The van der Waals surface area contributed by atoms with Gasteiger partial charge in [-0.2, -0.15) is 0 Å². The van der Waals surface area contributed by atoms with Gasteiger partial charge in [-0.1, -0.05) is 43.5 Å². The maximum atomic E-state index is 6.37. The van der Waals surface area contributed by atoms with E-state index in [1.54, 1.807) is 14.2 Å². The van der Waals surface area contributed by atoms with Gasteiger partial charge in [0.25, 0.3) is 8.53 Å². The molecule has 0 aromatic heterocycles. The van der Waals surface area contributed by atoms with Gasteiger partial charge in [0, 0.05) is 6.04 Å². The first kappa shape index (κ1) is 24.0. The molecule has 0 aliphatic carbocycles. The van der Waals surface area contributed by atoms with Crippen LogP contribution in [0, 0.1) is 0 Å². The summed E-state index contributed by atoms with van der Waals surface area (Å²) in [5.41, 5.74) is 2.37. The molecule has 3 rings (SSSR count). The minimum Gasteiger partial charge on any atom is -0.497 e. The first-order chi connectivity index (χ1) is 15.1. The quantitative estimate of drug-likeness (QED) is 0.442. The van der Waals surface area contributed by atoms with Crippen LogP contribution in [0.4, 0.5) is 0 Å². The molecule has 1 aliphatic rings. The summed E-state index contributed by atoms with van der Waals surface area (Å²) in [5.74, 6) is 1.70. The molecule has 2 aromatic carbocycles. The van der Waals surface area contributed by atoms with Gasteiger partial charge in [-0.25, -0.2) is 4.67 Å². The second-order valence-corrected chi connectivity index (χ2v) is 9.55. The van der Waals surface area contributed by atoms with E-state index in [-0.39, 0.29) is 12.1 Å². The Hall–Kier alpha value is -1.65. The Morgan fingerprint density at radius 2 is 1.13 bits per heavy atom. The lowest BCUT2D eigenvalue weighted by molar-refractivity contribution is 0.166. The highest BCUT2D eigenvalue weighted by atomic mass is 31.2. The maximum absolute atomic E-state index is 6.37. The van der Waals surface area contributed by atoms with E-state index in [2.05, 4.69) is 42.8 Å².